The minimum absolute atomic E-state index is 0.172. The monoisotopic (exact) mass is 445 g/mol. The highest BCUT2D eigenvalue weighted by atomic mass is 32.2. The zero-order chi connectivity index (χ0) is 22.6. The lowest BCUT2D eigenvalue weighted by atomic mass is 9.97. The van der Waals surface area contributed by atoms with Crippen LogP contribution in [-0.4, -0.2) is 49.5 Å². The summed E-state index contributed by atoms with van der Waals surface area (Å²) < 4.78 is 30.6. The number of hydrazone groups is 1. The maximum absolute atomic E-state index is 12.8. The van der Waals surface area contributed by atoms with E-state index in [9.17, 15) is 18.0 Å². The number of amides is 1. The Hall–Kier alpha value is -3.40. The molecule has 0 radical (unpaired) electrons. The van der Waals surface area contributed by atoms with Gasteiger partial charge < -0.3 is 9.84 Å². The highest BCUT2D eigenvalue weighted by Gasteiger charge is 2.34. The van der Waals surface area contributed by atoms with E-state index in [1.54, 1.807) is 37.4 Å². The molecule has 0 saturated carbocycles. The Morgan fingerprint density at radius 1 is 1.16 bits per heavy atom. The highest BCUT2D eigenvalue weighted by molar-refractivity contribution is 7.92. The van der Waals surface area contributed by atoms with Crippen molar-refractivity contribution in [2.75, 3.05) is 18.1 Å². The number of sulfonamides is 1. The molecule has 3 rings (SSSR count). The topological polar surface area (TPSA) is 125 Å². The second-order valence-electron chi connectivity index (χ2n) is 7.09. The second kappa shape index (κ2) is 9.17. The Labute approximate surface area is 180 Å². The summed E-state index contributed by atoms with van der Waals surface area (Å²) >= 11 is 0. The number of para-hydroxylation sites is 1. The van der Waals surface area contributed by atoms with Crippen LogP contribution in [0.3, 0.4) is 0 Å². The zero-order valence-electron chi connectivity index (χ0n) is 17.1. The van der Waals surface area contributed by atoms with Gasteiger partial charge >= 0.3 is 5.97 Å². The molecule has 0 aliphatic carbocycles. The fourth-order valence-electron chi connectivity index (χ4n) is 3.37. The normalized spacial score (nSPS) is 16.0. The summed E-state index contributed by atoms with van der Waals surface area (Å²) in [7, 11) is -1.85. The first-order chi connectivity index (χ1) is 14.7. The standard InChI is InChI=1S/C21H23N3O6S/c1-30-19-6-4-3-5-16(19)18-13-17(22-24(18)20(25)11-12-21(26)27)14-7-9-15(10-8-14)23-31(2,28)29/h3-10,18,23H,11-13H2,1-2H3,(H,26,27)/t18-/m1/s1. The molecule has 0 spiro atoms. The second-order valence-corrected chi connectivity index (χ2v) is 8.84. The fourth-order valence-corrected chi connectivity index (χ4v) is 3.94. The molecule has 0 bridgehead atoms. The predicted molar refractivity (Wildman–Crippen MR) is 116 cm³/mol. The summed E-state index contributed by atoms with van der Waals surface area (Å²) in [6.45, 7) is 0. The number of carboxylic acid groups (broad SMARTS) is 1. The van der Waals surface area contributed by atoms with E-state index in [-0.39, 0.29) is 12.8 Å². The van der Waals surface area contributed by atoms with Gasteiger partial charge in [0.05, 0.1) is 31.5 Å². The lowest BCUT2D eigenvalue weighted by molar-refractivity contribution is -0.141. The van der Waals surface area contributed by atoms with E-state index in [4.69, 9.17) is 9.84 Å². The maximum Gasteiger partial charge on any atom is 0.303 e. The number of hydrogen-bond acceptors (Lipinski definition) is 6. The smallest absolute Gasteiger partial charge is 0.303 e. The molecule has 9 nitrogen and oxygen atoms in total. The van der Waals surface area contributed by atoms with Gasteiger partial charge in [0.2, 0.25) is 15.9 Å². The van der Waals surface area contributed by atoms with Crippen LogP contribution >= 0.6 is 0 Å². The molecule has 1 aliphatic heterocycles. The van der Waals surface area contributed by atoms with E-state index in [0.29, 0.717) is 23.6 Å². The van der Waals surface area contributed by atoms with Crippen LogP contribution < -0.4 is 9.46 Å². The van der Waals surface area contributed by atoms with Crippen molar-refractivity contribution in [2.45, 2.75) is 25.3 Å². The summed E-state index contributed by atoms with van der Waals surface area (Å²) in [5, 5.41) is 14.7. The van der Waals surface area contributed by atoms with E-state index < -0.39 is 27.9 Å². The minimum atomic E-state index is -3.39. The lowest BCUT2D eigenvalue weighted by Gasteiger charge is -2.23. The van der Waals surface area contributed by atoms with Gasteiger partial charge in [-0.15, -0.1) is 0 Å². The van der Waals surface area contributed by atoms with Crippen molar-refractivity contribution >= 4 is 33.3 Å². The molecule has 0 aromatic heterocycles. The van der Waals surface area contributed by atoms with Gasteiger partial charge in [-0.1, -0.05) is 30.3 Å². The minimum Gasteiger partial charge on any atom is -0.496 e. The van der Waals surface area contributed by atoms with Crippen molar-refractivity contribution in [1.29, 1.82) is 0 Å². The quantitative estimate of drug-likeness (QED) is 0.643. The number of ether oxygens (including phenoxy) is 1. The molecular weight excluding hydrogens is 422 g/mol. The van der Waals surface area contributed by atoms with E-state index in [1.807, 2.05) is 18.2 Å². The Kier molecular flexibility index (Phi) is 6.59. The van der Waals surface area contributed by atoms with Crippen LogP contribution in [0, 0.1) is 0 Å². The first-order valence-electron chi connectivity index (χ1n) is 9.50. The van der Waals surface area contributed by atoms with Crippen LogP contribution in [0.15, 0.2) is 53.6 Å². The number of nitrogens with one attached hydrogen (secondary N) is 1. The molecule has 1 heterocycles. The fraction of sp³-hybridized carbons (Fsp3) is 0.286. The number of hydrogen-bond donors (Lipinski definition) is 2. The van der Waals surface area contributed by atoms with Crippen LogP contribution in [0.4, 0.5) is 5.69 Å². The van der Waals surface area contributed by atoms with Crippen LogP contribution in [0.5, 0.6) is 5.75 Å². The SMILES string of the molecule is COc1ccccc1[C@H]1CC(c2ccc(NS(C)(=O)=O)cc2)=NN1C(=O)CCC(=O)O. The number of carbonyl (C=O) groups excluding carboxylic acids is 1. The number of carboxylic acids is 1. The Bertz CT molecular complexity index is 1110. The van der Waals surface area contributed by atoms with Crippen LogP contribution in [0.1, 0.15) is 36.4 Å². The molecule has 164 valence electrons. The molecule has 2 aromatic rings. The third kappa shape index (κ3) is 5.60. The van der Waals surface area contributed by atoms with Gasteiger partial charge in [-0.25, -0.2) is 13.4 Å². The Morgan fingerprint density at radius 3 is 2.45 bits per heavy atom. The van der Waals surface area contributed by atoms with E-state index >= 15 is 0 Å². The molecule has 1 aliphatic rings. The van der Waals surface area contributed by atoms with Crippen molar-refractivity contribution in [2.24, 2.45) is 5.10 Å². The first kappa shape index (κ1) is 22.3. The highest BCUT2D eigenvalue weighted by Crippen LogP contribution is 2.37. The number of anilines is 1. The molecule has 1 amide bonds. The van der Waals surface area contributed by atoms with Crippen molar-refractivity contribution in [3.8, 4) is 5.75 Å². The number of nitrogens with zero attached hydrogens (tertiary/aromatic N) is 2. The van der Waals surface area contributed by atoms with Crippen molar-refractivity contribution < 1.29 is 27.9 Å². The van der Waals surface area contributed by atoms with E-state index in [0.717, 1.165) is 17.4 Å². The first-order valence-corrected chi connectivity index (χ1v) is 11.4. The molecule has 0 saturated heterocycles. The third-order valence-corrected chi connectivity index (χ3v) is 5.34. The zero-order valence-corrected chi connectivity index (χ0v) is 17.9. The van der Waals surface area contributed by atoms with Crippen LogP contribution in [-0.2, 0) is 19.6 Å². The van der Waals surface area contributed by atoms with Gasteiger partial charge in [-0.2, -0.15) is 5.10 Å². The molecule has 0 unspecified atom stereocenters. The average Bonchev–Trinajstić information content (AvgIpc) is 3.16. The van der Waals surface area contributed by atoms with Crippen molar-refractivity contribution in [3.05, 3.63) is 59.7 Å². The molecule has 10 heteroatoms. The van der Waals surface area contributed by atoms with Gasteiger partial charge in [0, 0.05) is 24.1 Å². The molecule has 2 aromatic carbocycles. The van der Waals surface area contributed by atoms with Gasteiger partial charge in [-0.3, -0.25) is 14.3 Å². The largest absolute Gasteiger partial charge is 0.496 e. The van der Waals surface area contributed by atoms with Crippen molar-refractivity contribution in [1.82, 2.24) is 5.01 Å². The number of methoxy groups -OCH3 is 1. The Balaban J connectivity index is 1.91. The number of carbonyl (C=O) groups is 2. The number of aliphatic carboxylic acids is 1. The summed E-state index contributed by atoms with van der Waals surface area (Å²) in [6, 6.07) is 13.5. The summed E-state index contributed by atoms with van der Waals surface area (Å²) in [6.07, 6.45) is 1.01. The average molecular weight is 445 g/mol. The molecule has 0 fully saturated rings. The van der Waals surface area contributed by atoms with Gasteiger partial charge in [0.1, 0.15) is 5.75 Å². The summed E-state index contributed by atoms with van der Waals surface area (Å²) in [5.41, 5.74) is 2.54. The summed E-state index contributed by atoms with van der Waals surface area (Å²) in [4.78, 5) is 23.7. The van der Waals surface area contributed by atoms with Crippen molar-refractivity contribution in [3.63, 3.8) is 0 Å². The maximum atomic E-state index is 12.8. The van der Waals surface area contributed by atoms with Gasteiger partial charge in [0.15, 0.2) is 0 Å². The van der Waals surface area contributed by atoms with Crippen LogP contribution in [0.25, 0.3) is 0 Å². The number of rotatable bonds is 8. The van der Waals surface area contributed by atoms with E-state index in [2.05, 4.69) is 9.82 Å². The van der Waals surface area contributed by atoms with Gasteiger partial charge in [-0.05, 0) is 23.8 Å². The van der Waals surface area contributed by atoms with Gasteiger partial charge in [0.25, 0.3) is 0 Å². The lowest BCUT2D eigenvalue weighted by Crippen LogP contribution is -2.27. The Morgan fingerprint density at radius 2 is 1.84 bits per heavy atom. The molecule has 2 N–H and O–H groups in total. The molecular formula is C21H23N3O6S. The predicted octanol–water partition coefficient (Wildman–Crippen LogP) is 2.61. The summed E-state index contributed by atoms with van der Waals surface area (Å²) in [5.74, 6) is -0.851. The third-order valence-electron chi connectivity index (χ3n) is 4.74. The molecule has 31 heavy (non-hydrogen) atoms. The molecule has 1 atom stereocenters. The number of benzene rings is 2. The van der Waals surface area contributed by atoms with E-state index in [1.165, 1.54) is 5.01 Å². The van der Waals surface area contributed by atoms with Crippen LogP contribution in [0.2, 0.25) is 0 Å².